The first-order chi connectivity index (χ1) is 10.5. The highest BCUT2D eigenvalue weighted by atomic mass is 19.4. The zero-order valence-corrected chi connectivity index (χ0v) is 12.2. The molecule has 0 radical (unpaired) electrons. The SMILES string of the molecule is FC(F)(F)c1cccc(CCCN2Cc3ccccc3C2)c1. The Labute approximate surface area is 128 Å². The lowest BCUT2D eigenvalue weighted by Gasteiger charge is -2.15. The largest absolute Gasteiger partial charge is 0.416 e. The first-order valence-corrected chi connectivity index (χ1v) is 7.48. The van der Waals surface area contributed by atoms with E-state index in [1.54, 1.807) is 6.07 Å². The molecule has 0 unspecified atom stereocenters. The highest BCUT2D eigenvalue weighted by molar-refractivity contribution is 5.30. The lowest BCUT2D eigenvalue weighted by Crippen LogP contribution is -2.18. The quantitative estimate of drug-likeness (QED) is 0.794. The van der Waals surface area contributed by atoms with Gasteiger partial charge in [0.15, 0.2) is 0 Å². The summed E-state index contributed by atoms with van der Waals surface area (Å²) in [6, 6.07) is 14.0. The molecule has 1 heterocycles. The van der Waals surface area contributed by atoms with Crippen molar-refractivity contribution in [2.75, 3.05) is 6.54 Å². The number of hydrogen-bond donors (Lipinski definition) is 0. The topological polar surface area (TPSA) is 3.24 Å². The van der Waals surface area contributed by atoms with Crippen LogP contribution in [0.2, 0.25) is 0 Å². The van der Waals surface area contributed by atoms with Crippen LogP contribution in [0.5, 0.6) is 0 Å². The third-order valence-electron chi connectivity index (χ3n) is 4.10. The van der Waals surface area contributed by atoms with Crippen LogP contribution in [0.4, 0.5) is 13.2 Å². The molecule has 1 aliphatic heterocycles. The Morgan fingerprint density at radius 3 is 2.23 bits per heavy atom. The number of rotatable bonds is 4. The molecule has 0 fully saturated rings. The van der Waals surface area contributed by atoms with Gasteiger partial charge in [-0.3, -0.25) is 4.90 Å². The van der Waals surface area contributed by atoms with Gasteiger partial charge in [-0.1, -0.05) is 42.5 Å². The summed E-state index contributed by atoms with van der Waals surface area (Å²) in [6.07, 6.45) is -2.71. The Kier molecular flexibility index (Phi) is 4.21. The molecule has 0 bridgehead atoms. The number of halogens is 3. The molecular weight excluding hydrogens is 287 g/mol. The Hall–Kier alpha value is -1.81. The highest BCUT2D eigenvalue weighted by Crippen LogP contribution is 2.30. The van der Waals surface area contributed by atoms with Crippen LogP contribution in [0, 0.1) is 0 Å². The lowest BCUT2D eigenvalue weighted by molar-refractivity contribution is -0.137. The zero-order valence-electron chi connectivity index (χ0n) is 12.2. The number of fused-ring (bicyclic) bond motifs is 1. The van der Waals surface area contributed by atoms with E-state index in [-0.39, 0.29) is 0 Å². The van der Waals surface area contributed by atoms with Gasteiger partial charge in [-0.15, -0.1) is 0 Å². The molecule has 116 valence electrons. The second-order valence-electron chi connectivity index (χ2n) is 5.78. The minimum absolute atomic E-state index is 0.557. The van der Waals surface area contributed by atoms with E-state index >= 15 is 0 Å². The van der Waals surface area contributed by atoms with Gasteiger partial charge < -0.3 is 0 Å². The fraction of sp³-hybridized carbons (Fsp3) is 0.333. The monoisotopic (exact) mass is 305 g/mol. The Morgan fingerprint density at radius 1 is 0.909 bits per heavy atom. The summed E-state index contributed by atoms with van der Waals surface area (Å²) in [5.74, 6) is 0. The average molecular weight is 305 g/mol. The summed E-state index contributed by atoms with van der Waals surface area (Å²) in [7, 11) is 0. The van der Waals surface area contributed by atoms with Crippen molar-refractivity contribution in [2.45, 2.75) is 32.1 Å². The predicted molar refractivity (Wildman–Crippen MR) is 80.3 cm³/mol. The third kappa shape index (κ3) is 3.50. The molecule has 0 N–H and O–H groups in total. The Bertz CT molecular complexity index is 624. The van der Waals surface area contributed by atoms with Gasteiger partial charge in [0.2, 0.25) is 0 Å². The van der Waals surface area contributed by atoms with Crippen molar-refractivity contribution in [2.24, 2.45) is 0 Å². The molecule has 2 aromatic rings. The zero-order chi connectivity index (χ0) is 15.6. The second kappa shape index (κ2) is 6.13. The van der Waals surface area contributed by atoms with Crippen molar-refractivity contribution in [3.8, 4) is 0 Å². The summed E-state index contributed by atoms with van der Waals surface area (Å²) in [4.78, 5) is 2.35. The van der Waals surface area contributed by atoms with Crippen molar-refractivity contribution in [3.05, 3.63) is 70.8 Å². The highest BCUT2D eigenvalue weighted by Gasteiger charge is 2.30. The van der Waals surface area contributed by atoms with E-state index in [4.69, 9.17) is 0 Å². The summed E-state index contributed by atoms with van der Waals surface area (Å²) < 4.78 is 38.0. The molecule has 1 aliphatic rings. The van der Waals surface area contributed by atoms with Crippen LogP contribution in [0.1, 0.15) is 28.7 Å². The summed E-state index contributed by atoms with van der Waals surface area (Å²) in [6.45, 7) is 2.79. The van der Waals surface area contributed by atoms with E-state index in [2.05, 4.69) is 17.0 Å². The van der Waals surface area contributed by atoms with Gasteiger partial charge in [0.25, 0.3) is 0 Å². The maximum absolute atomic E-state index is 12.7. The molecular formula is C18H18F3N. The molecule has 0 aromatic heterocycles. The fourth-order valence-corrected chi connectivity index (χ4v) is 2.97. The predicted octanol–water partition coefficient (Wildman–Crippen LogP) is 4.65. The van der Waals surface area contributed by atoms with Gasteiger partial charge >= 0.3 is 6.18 Å². The molecule has 3 rings (SSSR count). The van der Waals surface area contributed by atoms with E-state index in [0.717, 1.165) is 37.7 Å². The number of benzene rings is 2. The maximum Gasteiger partial charge on any atom is 0.416 e. The standard InChI is InChI=1S/C18H18F3N/c19-18(20,21)17-9-3-5-14(11-17)6-4-10-22-12-15-7-1-2-8-16(15)13-22/h1-3,5,7-9,11H,4,6,10,12-13H2. The summed E-state index contributed by atoms with van der Waals surface area (Å²) >= 11 is 0. The van der Waals surface area contributed by atoms with Crippen LogP contribution in [-0.4, -0.2) is 11.4 Å². The summed E-state index contributed by atoms with van der Waals surface area (Å²) in [5, 5.41) is 0. The number of nitrogens with zero attached hydrogens (tertiary/aromatic N) is 1. The van der Waals surface area contributed by atoms with Crippen molar-refractivity contribution in [1.82, 2.24) is 4.90 Å². The van der Waals surface area contributed by atoms with Gasteiger partial charge in [0.1, 0.15) is 0 Å². The lowest BCUT2D eigenvalue weighted by atomic mass is 10.1. The molecule has 2 aromatic carbocycles. The van der Waals surface area contributed by atoms with Crippen LogP contribution < -0.4 is 0 Å². The molecule has 4 heteroatoms. The second-order valence-corrected chi connectivity index (χ2v) is 5.78. The van der Waals surface area contributed by atoms with Gasteiger partial charge in [-0.25, -0.2) is 0 Å². The number of hydrogen-bond acceptors (Lipinski definition) is 1. The molecule has 22 heavy (non-hydrogen) atoms. The van der Waals surface area contributed by atoms with Crippen LogP contribution in [0.3, 0.4) is 0 Å². The van der Waals surface area contributed by atoms with Crippen molar-refractivity contribution >= 4 is 0 Å². The molecule has 0 aliphatic carbocycles. The molecule has 0 saturated heterocycles. The molecule has 0 spiro atoms. The van der Waals surface area contributed by atoms with Gasteiger partial charge in [0, 0.05) is 13.1 Å². The Balaban J connectivity index is 1.52. The fourth-order valence-electron chi connectivity index (χ4n) is 2.97. The molecule has 0 atom stereocenters. The first-order valence-electron chi connectivity index (χ1n) is 7.48. The van der Waals surface area contributed by atoms with Gasteiger partial charge in [0.05, 0.1) is 5.56 Å². The Morgan fingerprint density at radius 2 is 1.59 bits per heavy atom. The van der Waals surface area contributed by atoms with E-state index in [1.165, 1.54) is 23.3 Å². The van der Waals surface area contributed by atoms with Crippen molar-refractivity contribution in [1.29, 1.82) is 0 Å². The first kappa shape index (κ1) is 15.1. The van der Waals surface area contributed by atoms with Gasteiger partial charge in [-0.2, -0.15) is 13.2 Å². The van der Waals surface area contributed by atoms with Crippen LogP contribution in [-0.2, 0) is 25.7 Å². The van der Waals surface area contributed by atoms with E-state index in [0.29, 0.717) is 6.42 Å². The molecule has 1 nitrogen and oxygen atoms in total. The number of alkyl halides is 3. The van der Waals surface area contributed by atoms with E-state index in [9.17, 15) is 13.2 Å². The van der Waals surface area contributed by atoms with Crippen molar-refractivity contribution < 1.29 is 13.2 Å². The maximum atomic E-state index is 12.7. The van der Waals surface area contributed by atoms with Crippen LogP contribution >= 0.6 is 0 Å². The van der Waals surface area contributed by atoms with E-state index < -0.39 is 11.7 Å². The van der Waals surface area contributed by atoms with Gasteiger partial charge in [-0.05, 0) is 42.1 Å². The van der Waals surface area contributed by atoms with Crippen LogP contribution in [0.25, 0.3) is 0 Å². The smallest absolute Gasteiger partial charge is 0.295 e. The van der Waals surface area contributed by atoms with Crippen LogP contribution in [0.15, 0.2) is 48.5 Å². The molecule has 0 amide bonds. The minimum Gasteiger partial charge on any atom is -0.295 e. The average Bonchev–Trinajstić information content (AvgIpc) is 2.89. The van der Waals surface area contributed by atoms with Crippen molar-refractivity contribution in [3.63, 3.8) is 0 Å². The number of aryl methyl sites for hydroxylation is 1. The van der Waals surface area contributed by atoms with E-state index in [1.807, 2.05) is 12.1 Å². The summed E-state index contributed by atoms with van der Waals surface area (Å²) in [5.41, 5.74) is 2.92. The molecule has 0 saturated carbocycles. The third-order valence-corrected chi connectivity index (χ3v) is 4.10. The normalized spacial score (nSPS) is 15.0. The minimum atomic E-state index is -4.26.